The SMILES string of the molecule is CC(C)COc1ccc(-c2nnc(-c3ccccc3F)o2)cc1. The normalized spacial score (nSPS) is 11.0. The summed E-state index contributed by atoms with van der Waals surface area (Å²) in [6.07, 6.45) is 0. The number of nitrogens with zero attached hydrogens (tertiary/aromatic N) is 2. The van der Waals surface area contributed by atoms with Gasteiger partial charge in [0.05, 0.1) is 12.2 Å². The number of rotatable bonds is 5. The molecule has 4 nitrogen and oxygen atoms in total. The van der Waals surface area contributed by atoms with Crippen LogP contribution < -0.4 is 4.74 Å². The smallest absolute Gasteiger partial charge is 0.251 e. The third kappa shape index (κ3) is 3.56. The molecule has 0 unspecified atom stereocenters. The standard InChI is InChI=1S/C18H17FN2O2/c1-12(2)11-22-14-9-7-13(8-10-14)17-20-21-18(23-17)15-5-3-4-6-16(15)19/h3-10,12H,11H2,1-2H3. The monoisotopic (exact) mass is 312 g/mol. The van der Waals surface area contributed by atoms with E-state index in [2.05, 4.69) is 24.0 Å². The van der Waals surface area contributed by atoms with Gasteiger partial charge in [-0.15, -0.1) is 10.2 Å². The predicted molar refractivity (Wildman–Crippen MR) is 85.5 cm³/mol. The molecule has 5 heteroatoms. The zero-order valence-electron chi connectivity index (χ0n) is 13.0. The summed E-state index contributed by atoms with van der Waals surface area (Å²) in [4.78, 5) is 0. The van der Waals surface area contributed by atoms with Gasteiger partial charge in [0.2, 0.25) is 5.89 Å². The van der Waals surface area contributed by atoms with Gasteiger partial charge in [0.1, 0.15) is 11.6 Å². The van der Waals surface area contributed by atoms with E-state index in [9.17, 15) is 4.39 Å². The Morgan fingerprint density at radius 2 is 1.70 bits per heavy atom. The van der Waals surface area contributed by atoms with E-state index in [0.717, 1.165) is 11.3 Å². The van der Waals surface area contributed by atoms with E-state index < -0.39 is 0 Å². The van der Waals surface area contributed by atoms with E-state index in [1.165, 1.54) is 6.07 Å². The van der Waals surface area contributed by atoms with Crippen LogP contribution in [-0.2, 0) is 0 Å². The van der Waals surface area contributed by atoms with E-state index in [4.69, 9.17) is 9.15 Å². The number of halogens is 1. The summed E-state index contributed by atoms with van der Waals surface area (Å²) in [5.41, 5.74) is 1.06. The van der Waals surface area contributed by atoms with Crippen molar-refractivity contribution in [1.82, 2.24) is 10.2 Å². The summed E-state index contributed by atoms with van der Waals surface area (Å²) >= 11 is 0. The molecule has 0 spiro atoms. The number of aromatic nitrogens is 2. The molecule has 0 aliphatic rings. The van der Waals surface area contributed by atoms with E-state index in [1.807, 2.05) is 24.3 Å². The van der Waals surface area contributed by atoms with Crippen LogP contribution in [0, 0.1) is 11.7 Å². The fourth-order valence-corrected chi connectivity index (χ4v) is 2.04. The number of hydrogen-bond donors (Lipinski definition) is 0. The second-order valence-corrected chi connectivity index (χ2v) is 5.62. The van der Waals surface area contributed by atoms with E-state index in [-0.39, 0.29) is 11.7 Å². The molecule has 0 fully saturated rings. The molecule has 23 heavy (non-hydrogen) atoms. The van der Waals surface area contributed by atoms with Crippen LogP contribution in [0.1, 0.15) is 13.8 Å². The molecule has 0 saturated heterocycles. The fourth-order valence-electron chi connectivity index (χ4n) is 2.04. The second-order valence-electron chi connectivity index (χ2n) is 5.62. The third-order valence-corrected chi connectivity index (χ3v) is 3.21. The summed E-state index contributed by atoms with van der Waals surface area (Å²) in [6, 6.07) is 13.7. The van der Waals surface area contributed by atoms with Gasteiger partial charge in [-0.2, -0.15) is 0 Å². The zero-order chi connectivity index (χ0) is 16.2. The first-order valence-electron chi connectivity index (χ1n) is 7.45. The first-order valence-corrected chi connectivity index (χ1v) is 7.45. The average molecular weight is 312 g/mol. The molecular formula is C18H17FN2O2. The lowest BCUT2D eigenvalue weighted by atomic mass is 10.2. The Morgan fingerprint density at radius 3 is 2.39 bits per heavy atom. The van der Waals surface area contributed by atoms with Crippen LogP contribution in [0.5, 0.6) is 5.75 Å². The minimum absolute atomic E-state index is 0.165. The van der Waals surface area contributed by atoms with Gasteiger partial charge in [0.25, 0.3) is 5.89 Å². The van der Waals surface area contributed by atoms with E-state index >= 15 is 0 Å². The summed E-state index contributed by atoms with van der Waals surface area (Å²) < 4.78 is 24.9. The van der Waals surface area contributed by atoms with Crippen molar-refractivity contribution in [3.8, 4) is 28.7 Å². The van der Waals surface area contributed by atoms with E-state index in [1.54, 1.807) is 18.2 Å². The van der Waals surface area contributed by atoms with Crippen molar-refractivity contribution in [1.29, 1.82) is 0 Å². The number of ether oxygens (including phenoxy) is 1. The molecule has 3 rings (SSSR count). The van der Waals surface area contributed by atoms with Crippen LogP contribution in [0.4, 0.5) is 4.39 Å². The summed E-state index contributed by atoms with van der Waals surface area (Å²) in [5.74, 6) is 1.38. The zero-order valence-corrected chi connectivity index (χ0v) is 13.0. The molecule has 0 aliphatic heterocycles. The van der Waals surface area contributed by atoms with Crippen molar-refractivity contribution in [3.05, 3.63) is 54.3 Å². The number of hydrogen-bond acceptors (Lipinski definition) is 4. The van der Waals surface area contributed by atoms with Gasteiger partial charge in [-0.25, -0.2) is 4.39 Å². The topological polar surface area (TPSA) is 48.2 Å². The van der Waals surface area contributed by atoms with Crippen LogP contribution in [0.3, 0.4) is 0 Å². The number of benzene rings is 2. The Kier molecular flexibility index (Phi) is 4.37. The first kappa shape index (κ1) is 15.2. The van der Waals surface area contributed by atoms with Crippen LogP contribution in [0.25, 0.3) is 22.9 Å². The molecule has 0 amide bonds. The highest BCUT2D eigenvalue weighted by atomic mass is 19.1. The molecule has 1 heterocycles. The van der Waals surface area contributed by atoms with E-state index in [0.29, 0.717) is 24.0 Å². The Bertz CT molecular complexity index is 782. The summed E-state index contributed by atoms with van der Waals surface area (Å²) in [7, 11) is 0. The van der Waals surface area contributed by atoms with Gasteiger partial charge in [-0.1, -0.05) is 26.0 Å². The van der Waals surface area contributed by atoms with Crippen LogP contribution in [0.15, 0.2) is 52.9 Å². The fraction of sp³-hybridized carbons (Fsp3) is 0.222. The Hall–Kier alpha value is -2.69. The molecule has 0 bridgehead atoms. The van der Waals surface area contributed by atoms with Gasteiger partial charge in [0.15, 0.2) is 0 Å². The molecule has 118 valence electrons. The maximum Gasteiger partial charge on any atom is 0.251 e. The molecule has 3 aromatic rings. The van der Waals surface area contributed by atoms with Crippen molar-refractivity contribution in [2.24, 2.45) is 5.92 Å². The van der Waals surface area contributed by atoms with Gasteiger partial charge in [-0.3, -0.25) is 0 Å². The summed E-state index contributed by atoms with van der Waals surface area (Å²) in [5, 5.41) is 7.90. The lowest BCUT2D eigenvalue weighted by molar-refractivity contribution is 0.271. The lowest BCUT2D eigenvalue weighted by Gasteiger charge is -2.08. The van der Waals surface area contributed by atoms with Crippen molar-refractivity contribution in [2.45, 2.75) is 13.8 Å². The molecule has 0 N–H and O–H groups in total. The Balaban J connectivity index is 1.79. The molecule has 2 aromatic carbocycles. The van der Waals surface area contributed by atoms with Crippen molar-refractivity contribution < 1.29 is 13.5 Å². The molecule has 0 aliphatic carbocycles. The van der Waals surface area contributed by atoms with Crippen molar-refractivity contribution in [2.75, 3.05) is 6.61 Å². The Labute approximate surface area is 133 Å². The molecule has 0 radical (unpaired) electrons. The van der Waals surface area contributed by atoms with Gasteiger partial charge < -0.3 is 9.15 Å². The third-order valence-electron chi connectivity index (χ3n) is 3.21. The molecule has 1 aromatic heterocycles. The summed E-state index contributed by atoms with van der Waals surface area (Å²) in [6.45, 7) is 4.85. The highest BCUT2D eigenvalue weighted by molar-refractivity contribution is 5.58. The van der Waals surface area contributed by atoms with Crippen LogP contribution in [0.2, 0.25) is 0 Å². The van der Waals surface area contributed by atoms with Gasteiger partial charge in [-0.05, 0) is 42.3 Å². The van der Waals surface area contributed by atoms with Gasteiger partial charge in [0, 0.05) is 5.56 Å². The highest BCUT2D eigenvalue weighted by Gasteiger charge is 2.13. The minimum atomic E-state index is -0.389. The van der Waals surface area contributed by atoms with Crippen LogP contribution >= 0.6 is 0 Å². The van der Waals surface area contributed by atoms with Crippen molar-refractivity contribution in [3.63, 3.8) is 0 Å². The van der Waals surface area contributed by atoms with Crippen LogP contribution in [-0.4, -0.2) is 16.8 Å². The maximum atomic E-state index is 13.7. The molecule has 0 saturated carbocycles. The quantitative estimate of drug-likeness (QED) is 0.692. The molecular weight excluding hydrogens is 295 g/mol. The highest BCUT2D eigenvalue weighted by Crippen LogP contribution is 2.26. The molecule has 0 atom stereocenters. The lowest BCUT2D eigenvalue weighted by Crippen LogP contribution is -2.04. The minimum Gasteiger partial charge on any atom is -0.493 e. The first-order chi connectivity index (χ1) is 11.1. The van der Waals surface area contributed by atoms with Crippen molar-refractivity contribution >= 4 is 0 Å². The second kappa shape index (κ2) is 6.60. The Morgan fingerprint density at radius 1 is 1.00 bits per heavy atom. The van der Waals surface area contributed by atoms with Gasteiger partial charge >= 0.3 is 0 Å². The average Bonchev–Trinajstić information content (AvgIpc) is 3.03. The largest absolute Gasteiger partial charge is 0.493 e. The predicted octanol–water partition coefficient (Wildman–Crippen LogP) is 4.58. The maximum absolute atomic E-state index is 13.7.